The van der Waals surface area contributed by atoms with Crippen LogP contribution in [0.4, 0.5) is 0 Å². The quantitative estimate of drug-likeness (QED) is 0.692. The fourth-order valence-corrected chi connectivity index (χ4v) is 3.23. The number of imidazole rings is 1. The van der Waals surface area contributed by atoms with E-state index in [1.807, 2.05) is 12.1 Å². The lowest BCUT2D eigenvalue weighted by Gasteiger charge is -2.12. The molecule has 0 radical (unpaired) electrons. The molecule has 3 aromatic rings. The van der Waals surface area contributed by atoms with Crippen LogP contribution in [0.1, 0.15) is 12.0 Å². The molecule has 0 aliphatic carbocycles. The minimum Gasteiger partial charge on any atom is -0.390 e. The van der Waals surface area contributed by atoms with E-state index in [1.165, 1.54) is 15.5 Å². The van der Waals surface area contributed by atoms with Gasteiger partial charge in [-0.2, -0.15) is 0 Å². The lowest BCUT2D eigenvalue weighted by molar-refractivity contribution is 0.0706. The summed E-state index contributed by atoms with van der Waals surface area (Å²) in [6, 6.07) is 7.28. The number of benzene rings is 1. The molecular formula is C17H16ClN5O3. The van der Waals surface area contributed by atoms with E-state index in [4.69, 9.17) is 16.4 Å². The van der Waals surface area contributed by atoms with Gasteiger partial charge >= 0.3 is 5.69 Å². The Hall–Kier alpha value is -2.87. The van der Waals surface area contributed by atoms with Crippen LogP contribution >= 0.6 is 11.6 Å². The highest BCUT2D eigenvalue weighted by atomic mass is 35.5. The first-order valence-electron chi connectivity index (χ1n) is 8.05. The molecule has 8 nitrogen and oxygen atoms in total. The number of fused-ring (bicyclic) bond motifs is 1. The van der Waals surface area contributed by atoms with E-state index >= 15 is 0 Å². The minimum atomic E-state index is -0.426. The van der Waals surface area contributed by atoms with Gasteiger partial charge in [0.25, 0.3) is 5.56 Å². The molecule has 0 saturated heterocycles. The summed E-state index contributed by atoms with van der Waals surface area (Å²) < 4.78 is 4.15. The number of nitrogens with zero attached hydrogens (tertiary/aromatic N) is 5. The molecule has 0 amide bonds. The van der Waals surface area contributed by atoms with Gasteiger partial charge in [0.15, 0.2) is 17.3 Å². The van der Waals surface area contributed by atoms with Gasteiger partial charge in [-0.3, -0.25) is 13.9 Å². The first-order chi connectivity index (χ1) is 12.5. The molecule has 9 heteroatoms. The maximum absolute atomic E-state index is 12.7. The summed E-state index contributed by atoms with van der Waals surface area (Å²) in [4.78, 5) is 34.9. The van der Waals surface area contributed by atoms with Crippen LogP contribution in [0, 0.1) is 0 Å². The van der Waals surface area contributed by atoms with Crippen molar-refractivity contribution in [2.24, 2.45) is 19.3 Å². The Morgan fingerprint density at radius 2 is 1.96 bits per heavy atom. The highest BCUT2D eigenvalue weighted by molar-refractivity contribution is 6.30. The molecule has 0 saturated carbocycles. The molecule has 4 rings (SSSR count). The number of oxime groups is 1. The van der Waals surface area contributed by atoms with Crippen molar-refractivity contribution in [2.45, 2.75) is 19.1 Å². The largest absolute Gasteiger partial charge is 0.390 e. The fraction of sp³-hybridized carbons (Fsp3) is 0.294. The monoisotopic (exact) mass is 373 g/mol. The standard InChI is InChI=1S/C17H16ClN5O3/c1-21-9-19-15-14(21)16(24)23(17(25)22(15)2)8-12-7-13(20-26-12)10-3-5-11(18)6-4-10/h3-6,9,12H,7-8H2,1-2H3. The van der Waals surface area contributed by atoms with Gasteiger partial charge in [0.1, 0.15) is 0 Å². The van der Waals surface area contributed by atoms with Gasteiger partial charge in [0, 0.05) is 25.5 Å². The zero-order chi connectivity index (χ0) is 18.4. The Kier molecular flexibility index (Phi) is 3.91. The second-order valence-corrected chi connectivity index (χ2v) is 6.70. The Morgan fingerprint density at radius 1 is 1.23 bits per heavy atom. The van der Waals surface area contributed by atoms with Crippen LogP contribution < -0.4 is 11.2 Å². The van der Waals surface area contributed by atoms with Crippen molar-refractivity contribution in [2.75, 3.05) is 0 Å². The molecule has 0 N–H and O–H groups in total. The number of halogens is 1. The minimum absolute atomic E-state index is 0.118. The van der Waals surface area contributed by atoms with E-state index in [2.05, 4.69) is 10.1 Å². The summed E-state index contributed by atoms with van der Waals surface area (Å²) in [5.74, 6) is 0. The number of hydrogen-bond donors (Lipinski definition) is 0. The normalized spacial score (nSPS) is 16.7. The zero-order valence-electron chi connectivity index (χ0n) is 14.2. The fourth-order valence-electron chi connectivity index (χ4n) is 3.10. The molecule has 1 aliphatic heterocycles. The Morgan fingerprint density at radius 3 is 2.69 bits per heavy atom. The van der Waals surface area contributed by atoms with E-state index in [0.29, 0.717) is 22.6 Å². The summed E-state index contributed by atoms with van der Waals surface area (Å²) in [5.41, 5.74) is 1.60. The maximum atomic E-state index is 12.7. The molecule has 1 atom stereocenters. The molecule has 1 unspecified atom stereocenters. The average molecular weight is 374 g/mol. The van der Waals surface area contributed by atoms with Crippen molar-refractivity contribution in [1.82, 2.24) is 18.7 Å². The second kappa shape index (κ2) is 6.14. The number of rotatable bonds is 3. The smallest absolute Gasteiger partial charge is 0.332 e. The summed E-state index contributed by atoms with van der Waals surface area (Å²) >= 11 is 5.90. The van der Waals surface area contributed by atoms with E-state index in [1.54, 1.807) is 30.8 Å². The third-order valence-electron chi connectivity index (χ3n) is 4.50. The third-order valence-corrected chi connectivity index (χ3v) is 4.75. The van der Waals surface area contributed by atoms with Crippen LogP contribution in [-0.2, 0) is 25.5 Å². The summed E-state index contributed by atoms with van der Waals surface area (Å²) in [5, 5.41) is 4.74. The van der Waals surface area contributed by atoms with Crippen LogP contribution in [-0.4, -0.2) is 30.5 Å². The van der Waals surface area contributed by atoms with E-state index < -0.39 is 11.8 Å². The average Bonchev–Trinajstić information content (AvgIpc) is 3.24. The van der Waals surface area contributed by atoms with Gasteiger partial charge in [-0.05, 0) is 17.7 Å². The Balaban J connectivity index is 1.63. The maximum Gasteiger partial charge on any atom is 0.332 e. The van der Waals surface area contributed by atoms with Gasteiger partial charge in [-0.15, -0.1) is 0 Å². The van der Waals surface area contributed by atoms with Gasteiger partial charge in [-0.25, -0.2) is 9.78 Å². The highest BCUT2D eigenvalue weighted by Crippen LogP contribution is 2.19. The lowest BCUT2D eigenvalue weighted by Crippen LogP contribution is -2.42. The van der Waals surface area contributed by atoms with Gasteiger partial charge < -0.3 is 9.40 Å². The van der Waals surface area contributed by atoms with Gasteiger partial charge in [0.2, 0.25) is 0 Å². The van der Waals surface area contributed by atoms with Crippen molar-refractivity contribution < 1.29 is 4.84 Å². The van der Waals surface area contributed by atoms with Crippen molar-refractivity contribution in [3.05, 3.63) is 62.0 Å². The highest BCUT2D eigenvalue weighted by Gasteiger charge is 2.25. The SMILES string of the molecule is Cn1cnc2c1c(=O)n(CC1CC(c3ccc(Cl)cc3)=NO1)c(=O)n2C. The second-order valence-electron chi connectivity index (χ2n) is 6.26. The first kappa shape index (κ1) is 16.6. The molecule has 134 valence electrons. The van der Waals surface area contributed by atoms with Crippen LogP contribution in [0.15, 0.2) is 45.3 Å². The third kappa shape index (κ3) is 2.62. The molecule has 1 aromatic carbocycles. The van der Waals surface area contributed by atoms with E-state index in [0.717, 1.165) is 11.3 Å². The van der Waals surface area contributed by atoms with Crippen molar-refractivity contribution >= 4 is 28.5 Å². The number of aromatic nitrogens is 4. The molecule has 0 spiro atoms. The summed E-state index contributed by atoms with van der Waals surface area (Å²) in [7, 11) is 3.32. The summed E-state index contributed by atoms with van der Waals surface area (Å²) in [6.45, 7) is 0.118. The lowest BCUT2D eigenvalue weighted by atomic mass is 10.1. The topological polar surface area (TPSA) is 83.4 Å². The number of aryl methyl sites for hydroxylation is 2. The van der Waals surface area contributed by atoms with Crippen LogP contribution in [0.3, 0.4) is 0 Å². The molecular weight excluding hydrogens is 358 g/mol. The van der Waals surface area contributed by atoms with Gasteiger partial charge in [-0.1, -0.05) is 28.9 Å². The van der Waals surface area contributed by atoms with E-state index in [9.17, 15) is 9.59 Å². The van der Waals surface area contributed by atoms with Crippen LogP contribution in [0.2, 0.25) is 5.02 Å². The van der Waals surface area contributed by atoms with Crippen LogP contribution in [0.5, 0.6) is 0 Å². The summed E-state index contributed by atoms with van der Waals surface area (Å²) in [6.07, 6.45) is 1.63. The molecule has 1 aliphatic rings. The van der Waals surface area contributed by atoms with Crippen molar-refractivity contribution in [3.63, 3.8) is 0 Å². The molecule has 26 heavy (non-hydrogen) atoms. The predicted molar refractivity (Wildman–Crippen MR) is 97.7 cm³/mol. The first-order valence-corrected chi connectivity index (χ1v) is 8.43. The zero-order valence-corrected chi connectivity index (χ0v) is 15.0. The van der Waals surface area contributed by atoms with Crippen LogP contribution in [0.25, 0.3) is 11.2 Å². The predicted octanol–water partition coefficient (Wildman–Crippen LogP) is 1.28. The molecule has 2 aromatic heterocycles. The molecule has 3 heterocycles. The van der Waals surface area contributed by atoms with Crippen molar-refractivity contribution in [1.29, 1.82) is 0 Å². The molecule has 0 bridgehead atoms. The Bertz CT molecular complexity index is 1140. The number of hydrogen-bond acceptors (Lipinski definition) is 5. The van der Waals surface area contributed by atoms with Crippen molar-refractivity contribution in [3.8, 4) is 0 Å². The molecule has 0 fully saturated rings. The Labute approximate surface area is 152 Å². The van der Waals surface area contributed by atoms with Gasteiger partial charge in [0.05, 0.1) is 18.6 Å². The van der Waals surface area contributed by atoms with E-state index in [-0.39, 0.29) is 12.1 Å².